The van der Waals surface area contributed by atoms with Gasteiger partial charge in [-0.2, -0.15) is 8.78 Å². The molecule has 0 heterocycles. The number of halogens is 2. The summed E-state index contributed by atoms with van der Waals surface area (Å²) < 4.78 is 39.8. The first-order chi connectivity index (χ1) is 12.6. The summed E-state index contributed by atoms with van der Waals surface area (Å²) in [6.45, 7) is 4.38. The Morgan fingerprint density at radius 2 is 1.96 bits per heavy atom. The standard InChI is InChI=1S/C18H29F2N3O3/c1-4-21-18(22-10-6-7-11-25-5-2)23-13-14-8-9-15(24-3)16(12-14)26-17(19)20/h8-9,12,17H,4-7,10-11,13H2,1-3H3,(H2,21,22,23). The minimum absolute atomic E-state index is 0.00378. The topological polar surface area (TPSA) is 64.1 Å². The van der Waals surface area contributed by atoms with Crippen molar-refractivity contribution in [2.24, 2.45) is 4.99 Å². The molecule has 0 aromatic heterocycles. The van der Waals surface area contributed by atoms with E-state index in [9.17, 15) is 8.78 Å². The largest absolute Gasteiger partial charge is 0.493 e. The number of guanidine groups is 1. The van der Waals surface area contributed by atoms with Crippen LogP contribution < -0.4 is 20.1 Å². The maximum absolute atomic E-state index is 12.5. The molecule has 8 heteroatoms. The predicted molar refractivity (Wildman–Crippen MR) is 98.2 cm³/mol. The number of nitrogens with one attached hydrogen (secondary N) is 2. The highest BCUT2D eigenvalue weighted by Gasteiger charge is 2.11. The van der Waals surface area contributed by atoms with Gasteiger partial charge in [0.25, 0.3) is 0 Å². The Labute approximate surface area is 153 Å². The zero-order chi connectivity index (χ0) is 19.2. The lowest BCUT2D eigenvalue weighted by Gasteiger charge is -2.13. The molecule has 0 aliphatic heterocycles. The molecule has 0 aliphatic carbocycles. The number of nitrogens with zero attached hydrogens (tertiary/aromatic N) is 1. The van der Waals surface area contributed by atoms with Crippen molar-refractivity contribution in [1.29, 1.82) is 0 Å². The van der Waals surface area contributed by atoms with Crippen LogP contribution in [0.4, 0.5) is 8.78 Å². The van der Waals surface area contributed by atoms with Gasteiger partial charge < -0.3 is 24.8 Å². The molecule has 0 fully saturated rings. The van der Waals surface area contributed by atoms with Gasteiger partial charge in [0.15, 0.2) is 17.5 Å². The summed E-state index contributed by atoms with van der Waals surface area (Å²) >= 11 is 0. The van der Waals surface area contributed by atoms with Crippen LogP contribution in [0.5, 0.6) is 11.5 Å². The van der Waals surface area contributed by atoms with Crippen LogP contribution in [0, 0.1) is 0 Å². The third-order valence-corrected chi connectivity index (χ3v) is 3.42. The van der Waals surface area contributed by atoms with Crippen molar-refractivity contribution in [1.82, 2.24) is 10.6 Å². The number of benzene rings is 1. The quantitative estimate of drug-likeness (QED) is 0.335. The number of hydrogen-bond acceptors (Lipinski definition) is 4. The fourth-order valence-corrected chi connectivity index (χ4v) is 2.20. The summed E-state index contributed by atoms with van der Waals surface area (Å²) in [4.78, 5) is 4.47. The normalized spacial score (nSPS) is 11.5. The van der Waals surface area contributed by atoms with E-state index in [1.807, 2.05) is 13.8 Å². The lowest BCUT2D eigenvalue weighted by atomic mass is 10.2. The first-order valence-corrected chi connectivity index (χ1v) is 8.82. The van der Waals surface area contributed by atoms with Crippen molar-refractivity contribution in [2.75, 3.05) is 33.4 Å². The van der Waals surface area contributed by atoms with Crippen LogP contribution in [0.2, 0.25) is 0 Å². The maximum atomic E-state index is 12.5. The van der Waals surface area contributed by atoms with E-state index in [0.717, 1.165) is 44.7 Å². The van der Waals surface area contributed by atoms with Crippen molar-refractivity contribution in [3.8, 4) is 11.5 Å². The van der Waals surface area contributed by atoms with Gasteiger partial charge in [0, 0.05) is 26.3 Å². The zero-order valence-electron chi connectivity index (χ0n) is 15.7. The first kappa shape index (κ1) is 22.0. The molecule has 0 spiro atoms. The number of ether oxygens (including phenoxy) is 3. The highest BCUT2D eigenvalue weighted by molar-refractivity contribution is 5.79. The van der Waals surface area contributed by atoms with E-state index in [4.69, 9.17) is 9.47 Å². The lowest BCUT2D eigenvalue weighted by molar-refractivity contribution is -0.0512. The molecule has 1 aromatic carbocycles. The minimum atomic E-state index is -2.90. The van der Waals surface area contributed by atoms with Crippen LogP contribution in [0.15, 0.2) is 23.2 Å². The van der Waals surface area contributed by atoms with E-state index < -0.39 is 6.61 Å². The number of methoxy groups -OCH3 is 1. The second-order valence-corrected chi connectivity index (χ2v) is 5.39. The second kappa shape index (κ2) is 13.2. The smallest absolute Gasteiger partial charge is 0.387 e. The number of aliphatic imine (C=N–C) groups is 1. The molecule has 0 aliphatic rings. The van der Waals surface area contributed by atoms with Crippen LogP contribution in [0.25, 0.3) is 0 Å². The zero-order valence-corrected chi connectivity index (χ0v) is 15.7. The highest BCUT2D eigenvalue weighted by atomic mass is 19.3. The Morgan fingerprint density at radius 1 is 1.15 bits per heavy atom. The lowest BCUT2D eigenvalue weighted by Crippen LogP contribution is -2.37. The van der Waals surface area contributed by atoms with Gasteiger partial charge in [0.1, 0.15) is 0 Å². The Bertz CT molecular complexity index is 542. The van der Waals surface area contributed by atoms with Crippen molar-refractivity contribution >= 4 is 5.96 Å². The van der Waals surface area contributed by atoms with Crippen molar-refractivity contribution in [3.63, 3.8) is 0 Å². The molecule has 0 bridgehead atoms. The molecular formula is C18H29F2N3O3. The van der Waals surface area contributed by atoms with Crippen LogP contribution >= 0.6 is 0 Å². The summed E-state index contributed by atoms with van der Waals surface area (Å²) in [5.74, 6) is 0.942. The monoisotopic (exact) mass is 373 g/mol. The molecule has 148 valence electrons. The van der Waals surface area contributed by atoms with Crippen molar-refractivity contribution in [3.05, 3.63) is 23.8 Å². The fourth-order valence-electron chi connectivity index (χ4n) is 2.20. The van der Waals surface area contributed by atoms with Gasteiger partial charge in [-0.3, -0.25) is 0 Å². The third-order valence-electron chi connectivity index (χ3n) is 3.42. The SMILES string of the molecule is CCNC(=NCc1ccc(OC)c(OC(F)F)c1)NCCCCOCC. The summed E-state index contributed by atoms with van der Waals surface area (Å²) in [5.41, 5.74) is 0.745. The first-order valence-electron chi connectivity index (χ1n) is 8.82. The van der Waals surface area contributed by atoms with Gasteiger partial charge in [0.2, 0.25) is 0 Å². The summed E-state index contributed by atoms with van der Waals surface area (Å²) in [7, 11) is 1.41. The Hall–Kier alpha value is -2.09. The van der Waals surface area contributed by atoms with Crippen molar-refractivity contribution in [2.45, 2.75) is 39.8 Å². The van der Waals surface area contributed by atoms with Gasteiger partial charge in [-0.15, -0.1) is 0 Å². The molecule has 0 radical (unpaired) electrons. The molecule has 0 unspecified atom stereocenters. The van der Waals surface area contributed by atoms with E-state index in [1.165, 1.54) is 13.2 Å². The summed E-state index contributed by atoms with van der Waals surface area (Å²) in [5, 5.41) is 6.40. The van der Waals surface area contributed by atoms with Crippen LogP contribution in [-0.4, -0.2) is 46.0 Å². The average molecular weight is 373 g/mol. The number of hydrogen-bond donors (Lipinski definition) is 2. The Balaban J connectivity index is 2.61. The minimum Gasteiger partial charge on any atom is -0.493 e. The van der Waals surface area contributed by atoms with Gasteiger partial charge in [-0.1, -0.05) is 6.07 Å². The number of unbranched alkanes of at least 4 members (excludes halogenated alkanes) is 1. The van der Waals surface area contributed by atoms with E-state index in [0.29, 0.717) is 12.5 Å². The van der Waals surface area contributed by atoms with E-state index >= 15 is 0 Å². The molecule has 0 saturated carbocycles. The third kappa shape index (κ3) is 8.84. The number of alkyl halides is 2. The average Bonchev–Trinajstić information content (AvgIpc) is 2.62. The van der Waals surface area contributed by atoms with Crippen LogP contribution in [0.1, 0.15) is 32.3 Å². The van der Waals surface area contributed by atoms with E-state index in [2.05, 4.69) is 20.4 Å². The maximum Gasteiger partial charge on any atom is 0.387 e. The van der Waals surface area contributed by atoms with Gasteiger partial charge in [-0.25, -0.2) is 4.99 Å². The Morgan fingerprint density at radius 3 is 2.62 bits per heavy atom. The second-order valence-electron chi connectivity index (χ2n) is 5.39. The molecular weight excluding hydrogens is 344 g/mol. The fraction of sp³-hybridized carbons (Fsp3) is 0.611. The van der Waals surface area contributed by atoms with Gasteiger partial charge in [0.05, 0.1) is 13.7 Å². The molecule has 2 N–H and O–H groups in total. The van der Waals surface area contributed by atoms with Gasteiger partial charge >= 0.3 is 6.61 Å². The van der Waals surface area contributed by atoms with Crippen LogP contribution in [-0.2, 0) is 11.3 Å². The molecule has 0 saturated heterocycles. The Kier molecular flexibility index (Phi) is 11.1. The molecule has 1 aromatic rings. The predicted octanol–water partition coefficient (Wildman–Crippen LogP) is 3.17. The van der Waals surface area contributed by atoms with Crippen LogP contribution in [0.3, 0.4) is 0 Å². The van der Waals surface area contributed by atoms with Gasteiger partial charge in [-0.05, 0) is 44.4 Å². The van der Waals surface area contributed by atoms with E-state index in [1.54, 1.807) is 12.1 Å². The molecule has 1 rings (SSSR count). The molecule has 0 atom stereocenters. The molecule has 26 heavy (non-hydrogen) atoms. The summed E-state index contributed by atoms with van der Waals surface area (Å²) in [6.07, 6.45) is 1.95. The summed E-state index contributed by atoms with van der Waals surface area (Å²) in [6, 6.07) is 4.88. The van der Waals surface area contributed by atoms with Crippen molar-refractivity contribution < 1.29 is 23.0 Å². The molecule has 6 nitrogen and oxygen atoms in total. The number of rotatable bonds is 12. The van der Waals surface area contributed by atoms with E-state index in [-0.39, 0.29) is 11.5 Å². The highest BCUT2D eigenvalue weighted by Crippen LogP contribution is 2.29. The molecule has 0 amide bonds.